The Morgan fingerprint density at radius 3 is 2.77 bits per heavy atom. The molecule has 6 heteroatoms. The molecule has 1 N–H and O–H groups in total. The Hall–Kier alpha value is -1.32. The molecule has 0 radical (unpaired) electrons. The van der Waals surface area contributed by atoms with Crippen LogP contribution in [0.2, 0.25) is 0 Å². The van der Waals surface area contributed by atoms with Crippen LogP contribution in [0.5, 0.6) is 0 Å². The van der Waals surface area contributed by atoms with Gasteiger partial charge in [0.05, 0.1) is 31.7 Å². The zero-order chi connectivity index (χ0) is 16.8. The number of amides is 1. The van der Waals surface area contributed by atoms with Gasteiger partial charge in [-0.2, -0.15) is 5.26 Å². The first-order valence-electron chi connectivity index (χ1n) is 7.98. The van der Waals surface area contributed by atoms with Crippen molar-refractivity contribution in [1.29, 1.82) is 5.26 Å². The Balaban J connectivity index is 2.71. The van der Waals surface area contributed by atoms with E-state index >= 15 is 0 Å². The van der Waals surface area contributed by atoms with Crippen molar-refractivity contribution in [3.63, 3.8) is 0 Å². The highest BCUT2D eigenvalue weighted by Crippen LogP contribution is 2.17. The molecule has 1 heterocycles. The Kier molecular flexibility index (Phi) is 7.11. The molecule has 0 saturated carbocycles. The van der Waals surface area contributed by atoms with Crippen molar-refractivity contribution in [2.24, 2.45) is 0 Å². The second-order valence-electron chi connectivity index (χ2n) is 6.74. The Morgan fingerprint density at radius 2 is 2.23 bits per heavy atom. The molecular weight excluding hydrogens is 282 g/mol. The van der Waals surface area contributed by atoms with Gasteiger partial charge in [0, 0.05) is 18.6 Å². The van der Waals surface area contributed by atoms with E-state index in [1.54, 1.807) is 4.90 Å². The van der Waals surface area contributed by atoms with E-state index < -0.39 is 5.60 Å². The van der Waals surface area contributed by atoms with E-state index in [-0.39, 0.29) is 24.2 Å². The van der Waals surface area contributed by atoms with E-state index in [0.29, 0.717) is 26.2 Å². The van der Waals surface area contributed by atoms with Gasteiger partial charge in [0.15, 0.2) is 0 Å². The standard InChI is InChI=1S/C16H29N3O3/c1-6-13(7-8-17)18-12(2)14-11-21-10-9-19(14)15(20)22-16(3,4)5/h12-14,18H,6-7,9-11H2,1-5H3. The van der Waals surface area contributed by atoms with Gasteiger partial charge in [-0.15, -0.1) is 0 Å². The van der Waals surface area contributed by atoms with Crippen molar-refractivity contribution in [2.75, 3.05) is 19.8 Å². The average Bonchev–Trinajstić information content (AvgIpc) is 2.44. The summed E-state index contributed by atoms with van der Waals surface area (Å²) in [5.74, 6) is 0. The van der Waals surface area contributed by atoms with Crippen LogP contribution in [0.15, 0.2) is 0 Å². The number of morpholine rings is 1. The minimum absolute atomic E-state index is 0.0334. The molecule has 3 unspecified atom stereocenters. The lowest BCUT2D eigenvalue weighted by atomic mass is 10.0. The van der Waals surface area contributed by atoms with E-state index in [9.17, 15) is 4.79 Å². The van der Waals surface area contributed by atoms with Crippen molar-refractivity contribution in [2.45, 2.75) is 71.2 Å². The third-order valence-electron chi connectivity index (χ3n) is 3.70. The van der Waals surface area contributed by atoms with Gasteiger partial charge < -0.3 is 14.8 Å². The van der Waals surface area contributed by atoms with Crippen molar-refractivity contribution >= 4 is 6.09 Å². The molecule has 3 atom stereocenters. The largest absolute Gasteiger partial charge is 0.444 e. The molecule has 1 rings (SSSR count). The maximum absolute atomic E-state index is 12.4. The van der Waals surface area contributed by atoms with Gasteiger partial charge in [-0.05, 0) is 34.1 Å². The molecule has 126 valence electrons. The summed E-state index contributed by atoms with van der Waals surface area (Å²) in [5.41, 5.74) is -0.511. The first kappa shape index (κ1) is 18.7. The van der Waals surface area contributed by atoms with Gasteiger partial charge >= 0.3 is 6.09 Å². The maximum Gasteiger partial charge on any atom is 0.410 e. The number of hydrogen-bond acceptors (Lipinski definition) is 5. The summed E-state index contributed by atoms with van der Waals surface area (Å²) in [4.78, 5) is 14.1. The normalized spacial score (nSPS) is 21.8. The summed E-state index contributed by atoms with van der Waals surface area (Å²) in [6.07, 6.45) is 1.03. The molecule has 1 fully saturated rings. The van der Waals surface area contributed by atoms with Gasteiger partial charge in [-0.3, -0.25) is 4.90 Å². The maximum atomic E-state index is 12.4. The highest BCUT2D eigenvalue weighted by Gasteiger charge is 2.34. The van der Waals surface area contributed by atoms with E-state index in [4.69, 9.17) is 14.7 Å². The minimum atomic E-state index is -0.511. The molecule has 0 aliphatic carbocycles. The van der Waals surface area contributed by atoms with E-state index in [1.165, 1.54) is 0 Å². The monoisotopic (exact) mass is 311 g/mol. The molecule has 1 saturated heterocycles. The molecule has 6 nitrogen and oxygen atoms in total. The quantitative estimate of drug-likeness (QED) is 0.843. The van der Waals surface area contributed by atoms with Crippen LogP contribution >= 0.6 is 0 Å². The van der Waals surface area contributed by atoms with Crippen molar-refractivity contribution in [3.8, 4) is 6.07 Å². The Labute approximate surface area is 133 Å². The number of rotatable bonds is 5. The number of carbonyl (C=O) groups is 1. The Bertz CT molecular complexity index is 400. The predicted octanol–water partition coefficient (Wildman–Crippen LogP) is 2.29. The number of nitrogens with zero attached hydrogens (tertiary/aromatic N) is 2. The average molecular weight is 311 g/mol. The summed E-state index contributed by atoms with van der Waals surface area (Å²) in [6, 6.07) is 2.27. The van der Waals surface area contributed by atoms with Crippen LogP contribution in [0.25, 0.3) is 0 Å². The first-order chi connectivity index (χ1) is 10.3. The Morgan fingerprint density at radius 1 is 1.55 bits per heavy atom. The van der Waals surface area contributed by atoms with Gasteiger partial charge in [0.1, 0.15) is 5.60 Å². The summed E-state index contributed by atoms with van der Waals surface area (Å²) in [7, 11) is 0. The molecule has 0 aromatic carbocycles. The van der Waals surface area contributed by atoms with Crippen LogP contribution in [0.4, 0.5) is 4.79 Å². The number of nitrogens with one attached hydrogen (secondary N) is 1. The highest BCUT2D eigenvalue weighted by molar-refractivity contribution is 5.68. The summed E-state index contributed by atoms with van der Waals surface area (Å²) >= 11 is 0. The van der Waals surface area contributed by atoms with Crippen molar-refractivity contribution in [3.05, 3.63) is 0 Å². The number of hydrogen-bond donors (Lipinski definition) is 1. The molecule has 0 aromatic heterocycles. The topological polar surface area (TPSA) is 74.6 Å². The van der Waals surface area contributed by atoms with Gasteiger partial charge in [0.2, 0.25) is 0 Å². The minimum Gasteiger partial charge on any atom is -0.444 e. The van der Waals surface area contributed by atoms with Gasteiger partial charge in [-0.25, -0.2) is 4.79 Å². The lowest BCUT2D eigenvalue weighted by molar-refractivity contribution is -0.0403. The summed E-state index contributed by atoms with van der Waals surface area (Å²) in [6.45, 7) is 11.2. The SMILES string of the molecule is CCC(CC#N)NC(C)C1COCCN1C(=O)OC(C)(C)C. The second-order valence-corrected chi connectivity index (χ2v) is 6.74. The zero-order valence-corrected chi connectivity index (χ0v) is 14.4. The fourth-order valence-corrected chi connectivity index (χ4v) is 2.50. The van der Waals surface area contributed by atoms with Gasteiger partial charge in [0.25, 0.3) is 0 Å². The lowest BCUT2D eigenvalue weighted by Crippen LogP contribution is -2.59. The van der Waals surface area contributed by atoms with Crippen LogP contribution in [-0.4, -0.2) is 54.5 Å². The molecule has 1 aliphatic heterocycles. The summed E-state index contributed by atoms with van der Waals surface area (Å²) < 4.78 is 11.0. The summed E-state index contributed by atoms with van der Waals surface area (Å²) in [5, 5.41) is 12.3. The number of carbonyl (C=O) groups excluding carboxylic acids is 1. The zero-order valence-electron chi connectivity index (χ0n) is 14.4. The molecule has 0 bridgehead atoms. The second kappa shape index (κ2) is 8.35. The van der Waals surface area contributed by atoms with Crippen molar-refractivity contribution < 1.29 is 14.3 Å². The van der Waals surface area contributed by atoms with Gasteiger partial charge in [-0.1, -0.05) is 6.92 Å². The smallest absolute Gasteiger partial charge is 0.410 e. The molecule has 22 heavy (non-hydrogen) atoms. The van der Waals surface area contributed by atoms with Crippen LogP contribution in [-0.2, 0) is 9.47 Å². The van der Waals surface area contributed by atoms with E-state index in [0.717, 1.165) is 6.42 Å². The molecule has 1 amide bonds. The molecule has 1 aliphatic rings. The molecule has 0 spiro atoms. The lowest BCUT2D eigenvalue weighted by Gasteiger charge is -2.40. The molecule has 0 aromatic rings. The van der Waals surface area contributed by atoms with Crippen LogP contribution in [0, 0.1) is 11.3 Å². The number of ether oxygens (including phenoxy) is 2. The predicted molar refractivity (Wildman–Crippen MR) is 84.5 cm³/mol. The van der Waals surface area contributed by atoms with Crippen molar-refractivity contribution in [1.82, 2.24) is 10.2 Å². The fourth-order valence-electron chi connectivity index (χ4n) is 2.50. The van der Waals surface area contributed by atoms with Crippen LogP contribution in [0.1, 0.15) is 47.5 Å². The highest BCUT2D eigenvalue weighted by atomic mass is 16.6. The van der Waals surface area contributed by atoms with E-state index in [2.05, 4.69) is 11.4 Å². The van der Waals surface area contributed by atoms with E-state index in [1.807, 2.05) is 34.6 Å². The number of nitriles is 1. The fraction of sp³-hybridized carbons (Fsp3) is 0.875. The third-order valence-corrected chi connectivity index (χ3v) is 3.70. The van der Waals surface area contributed by atoms with Crippen LogP contribution < -0.4 is 5.32 Å². The van der Waals surface area contributed by atoms with Crippen LogP contribution in [0.3, 0.4) is 0 Å². The molecular formula is C16H29N3O3. The third kappa shape index (κ3) is 5.82. The first-order valence-corrected chi connectivity index (χ1v) is 7.98.